The number of nitrogens with zero attached hydrogens (tertiary/aromatic N) is 2. The van der Waals surface area contributed by atoms with Gasteiger partial charge in [-0.1, -0.05) is 12.8 Å². The molecule has 8 unspecified atom stereocenters. The first-order valence-corrected chi connectivity index (χ1v) is 35.4. The van der Waals surface area contributed by atoms with Crippen molar-refractivity contribution in [3.8, 4) is 0 Å². The Morgan fingerprint density at radius 1 is 0.451 bits per heavy atom. The zero-order valence-electron chi connectivity index (χ0n) is 55.8. The molecule has 8 atom stereocenters. The van der Waals surface area contributed by atoms with E-state index >= 15 is 0 Å². The van der Waals surface area contributed by atoms with Crippen LogP contribution < -0.4 is 110 Å². The number of nitrogens with two attached hydrogens (primary N) is 8. The largest absolute Gasteiger partial charge is 0.481 e. The Balaban J connectivity index is 0. The fourth-order valence-electron chi connectivity index (χ4n) is 10.7. The van der Waals surface area contributed by atoms with E-state index in [0.29, 0.717) is 122 Å². The van der Waals surface area contributed by atoms with E-state index in [1.165, 1.54) is 51.6 Å². The molecule has 0 aromatic rings. The number of fused-ring (bicyclic) bond motifs is 3. The van der Waals surface area contributed by atoms with Crippen molar-refractivity contribution >= 4 is 28.0 Å². The van der Waals surface area contributed by atoms with E-state index in [2.05, 4.69) is 73.6 Å². The number of aliphatic hydroxyl groups excluding tert-OH is 1. The number of nitrogens with one attached hydrogen (secondary N) is 12. The summed E-state index contributed by atoms with van der Waals surface area (Å²) in [6, 6.07) is 3.75. The molecule has 4 heterocycles. The first-order chi connectivity index (χ1) is 43.9. The summed E-state index contributed by atoms with van der Waals surface area (Å²) in [6.07, 6.45) is 12.4. The van der Waals surface area contributed by atoms with E-state index in [1.54, 1.807) is 0 Å². The number of aliphatic carboxylic acids is 3. The van der Waals surface area contributed by atoms with E-state index in [9.17, 15) is 22.8 Å². The van der Waals surface area contributed by atoms with E-state index < -0.39 is 28.0 Å². The lowest BCUT2D eigenvalue weighted by Crippen LogP contribution is -2.58. The average molecular weight is 1330 g/mol. The molecule has 33 heteroatoms. The summed E-state index contributed by atoms with van der Waals surface area (Å²) >= 11 is 0. The smallest absolute Gasteiger partial charge is 0.306 e. The number of carboxylic acids is 3. The van der Waals surface area contributed by atoms with Crippen LogP contribution in [-0.4, -0.2) is 320 Å². The van der Waals surface area contributed by atoms with E-state index in [1.807, 2.05) is 7.05 Å². The third-order valence-corrected chi connectivity index (χ3v) is 16.3. The normalized spacial score (nSPS) is 23.1. The number of piperazine rings is 4. The van der Waals surface area contributed by atoms with Crippen LogP contribution in [0.5, 0.6) is 0 Å². The molecule has 0 amide bonds. The van der Waals surface area contributed by atoms with Gasteiger partial charge < -0.3 is 135 Å². The number of carboxylic acid groups (broad SMARTS) is 3. The molecule has 0 spiro atoms. The molecule has 3 saturated carbocycles. The molecule has 544 valence electrons. The number of rotatable bonds is 31. The quantitative estimate of drug-likeness (QED) is 0.0226. The summed E-state index contributed by atoms with van der Waals surface area (Å²) in [5.74, 6) is -2.06. The Morgan fingerprint density at radius 2 is 0.813 bits per heavy atom. The van der Waals surface area contributed by atoms with E-state index in [4.69, 9.17) is 70.8 Å². The van der Waals surface area contributed by atoms with Gasteiger partial charge in [-0.3, -0.25) is 23.8 Å². The summed E-state index contributed by atoms with van der Waals surface area (Å²) < 4.78 is 28.6. The molecule has 7 fully saturated rings. The highest BCUT2D eigenvalue weighted by Crippen LogP contribution is 2.27. The van der Waals surface area contributed by atoms with Crippen LogP contribution >= 0.6 is 0 Å². The predicted molar refractivity (Wildman–Crippen MR) is 368 cm³/mol. The summed E-state index contributed by atoms with van der Waals surface area (Å²) in [6.45, 7) is 26.6. The molecular formula is C58H136N22O10S. The molecule has 0 bridgehead atoms. The second-order valence-corrected chi connectivity index (χ2v) is 24.8. The van der Waals surface area contributed by atoms with Gasteiger partial charge in [-0.2, -0.15) is 8.42 Å². The Bertz CT molecular complexity index is 1670. The van der Waals surface area contributed by atoms with Gasteiger partial charge in [-0.05, 0) is 77.3 Å². The van der Waals surface area contributed by atoms with Gasteiger partial charge >= 0.3 is 17.9 Å². The van der Waals surface area contributed by atoms with Gasteiger partial charge in [-0.25, -0.2) is 0 Å². The summed E-state index contributed by atoms with van der Waals surface area (Å²) in [4.78, 5) is 35.2. The van der Waals surface area contributed by atoms with Crippen LogP contribution in [0.4, 0.5) is 0 Å². The minimum absolute atomic E-state index is 0.106. The van der Waals surface area contributed by atoms with E-state index in [0.717, 1.165) is 149 Å². The van der Waals surface area contributed by atoms with Crippen molar-refractivity contribution in [1.82, 2.24) is 73.6 Å². The fraction of sp³-hybridized carbons (Fsp3) is 0.948. The third kappa shape index (κ3) is 57.4. The standard InChI is InChI=1S/C9H16N2O2.C9H18N2O.C8H16N2O4.C8H16N2.C6H18N4.C5H15N3.C5H14N2O3S.C4H13N3.C4H10N2/c12-9(13)6-1-2-7-8(5-6)11-4-3-10-7;12-6-7-1-2-8-9(5-7)11-4-3-10-8;11-7(12)1-3-9-5-6-10-4-2-8(13)14;1-2-4-8-7(3-1)9-5-6-10-8;7-1-4-10(5-2-8)6-3-9;1-8(4-2-6)5-3-7;6-2-4-7-3-1-5-11(8,9)10;5-1-3-7-4-2-6;1-2-6-4-3-5-1/h6-8,10-11H,1-5H2,(H,12,13);7-12H,1-6H2;9-10H,1-6H2,(H,11,12)(H,13,14);7-10H,1-6H2;1-9H2;2-7H2,1H3;7H,1-6H2,(H,8,9,10);7H,1-6H2;5-6H,1-4H2. The topological polar surface area (TPSA) is 545 Å². The van der Waals surface area contributed by atoms with Crippen molar-refractivity contribution in [3.05, 3.63) is 0 Å². The highest BCUT2D eigenvalue weighted by Gasteiger charge is 2.35. The molecule has 4 saturated heterocycles. The van der Waals surface area contributed by atoms with E-state index in [-0.39, 0.29) is 24.5 Å². The van der Waals surface area contributed by atoms with Gasteiger partial charge in [0.2, 0.25) is 0 Å². The second-order valence-electron chi connectivity index (χ2n) is 23.2. The molecule has 7 aliphatic rings. The highest BCUT2D eigenvalue weighted by atomic mass is 32.2. The van der Waals surface area contributed by atoms with Crippen molar-refractivity contribution in [2.24, 2.45) is 57.7 Å². The number of hydrogen-bond acceptors (Lipinski definition) is 28. The second kappa shape index (κ2) is 64.7. The number of hydrogen-bond donors (Lipinski definition) is 25. The first kappa shape index (κ1) is 90.5. The highest BCUT2D eigenvalue weighted by molar-refractivity contribution is 7.85. The first-order valence-electron chi connectivity index (χ1n) is 33.8. The number of likely N-dealkylation sites (N-methyl/N-ethyl adjacent to an activating group) is 1. The Morgan fingerprint density at radius 3 is 1.16 bits per heavy atom. The summed E-state index contributed by atoms with van der Waals surface area (Å²) in [5, 5.41) is 73.7. The molecule has 32 nitrogen and oxygen atoms in total. The summed E-state index contributed by atoms with van der Waals surface area (Å²) in [5.41, 5.74) is 42.2. The van der Waals surface area contributed by atoms with Crippen molar-refractivity contribution < 1.29 is 47.8 Å². The van der Waals surface area contributed by atoms with Crippen LogP contribution in [0.1, 0.15) is 83.5 Å². The molecule has 33 N–H and O–H groups in total. The fourth-order valence-corrected chi connectivity index (χ4v) is 11.2. The lowest BCUT2D eigenvalue weighted by molar-refractivity contribution is -0.143. The molecule has 4 aliphatic heterocycles. The zero-order valence-corrected chi connectivity index (χ0v) is 56.7. The molecule has 7 rings (SSSR count). The van der Waals surface area contributed by atoms with Gasteiger partial charge in [0.25, 0.3) is 10.1 Å². The van der Waals surface area contributed by atoms with Crippen molar-refractivity contribution in [3.63, 3.8) is 0 Å². The van der Waals surface area contributed by atoms with Crippen LogP contribution in [0.15, 0.2) is 0 Å². The minimum atomic E-state index is -3.78. The SMILES string of the molecule is C1CCC2NCCNC2C1.C1CNCCN1.CN(CCN)CCN.NCCN(CCN)CCN.NCCNCCCS(=O)(=O)O.NCCNCCN.O=C(O)C1CCC2NCCNC2C1.O=C(O)CCNCCNCCC(=O)O.OCC1CCC2NCCNC2C1. The maximum absolute atomic E-state index is 10.8. The van der Waals surface area contributed by atoms with Gasteiger partial charge in [0.15, 0.2) is 0 Å². The van der Waals surface area contributed by atoms with Crippen molar-refractivity contribution in [2.45, 2.75) is 120 Å². The molecule has 3 aliphatic carbocycles. The van der Waals surface area contributed by atoms with Gasteiger partial charge in [0.1, 0.15) is 0 Å². The molecule has 0 aromatic carbocycles. The molecule has 91 heavy (non-hydrogen) atoms. The van der Waals surface area contributed by atoms with Crippen LogP contribution in [0, 0.1) is 11.8 Å². The Labute approximate surface area is 547 Å². The molecule has 0 radical (unpaired) electrons. The Kier molecular flexibility index (Phi) is 64.3. The van der Waals surface area contributed by atoms with Gasteiger partial charge in [-0.15, -0.1) is 0 Å². The number of carbonyl (C=O) groups is 3. The van der Waals surface area contributed by atoms with Gasteiger partial charge in [0.05, 0.1) is 24.5 Å². The van der Waals surface area contributed by atoms with Crippen molar-refractivity contribution in [2.75, 3.05) is 222 Å². The van der Waals surface area contributed by atoms with Crippen LogP contribution in [-0.2, 0) is 24.5 Å². The van der Waals surface area contributed by atoms with Crippen molar-refractivity contribution in [1.29, 1.82) is 0 Å². The van der Waals surface area contributed by atoms with Crippen LogP contribution in [0.2, 0.25) is 0 Å². The third-order valence-electron chi connectivity index (χ3n) is 15.5. The monoisotopic (exact) mass is 1330 g/mol. The van der Waals surface area contributed by atoms with Crippen LogP contribution in [0.25, 0.3) is 0 Å². The average Bonchev–Trinajstić information content (AvgIpc) is 2.14. The Hall–Kier alpha value is -2.60. The lowest BCUT2D eigenvalue weighted by atomic mass is 9.81. The molecule has 0 aromatic heterocycles. The zero-order chi connectivity index (χ0) is 68.0. The maximum Gasteiger partial charge on any atom is 0.306 e. The predicted octanol–water partition coefficient (Wildman–Crippen LogP) is -7.40. The van der Waals surface area contributed by atoms with Crippen LogP contribution in [0.3, 0.4) is 0 Å². The van der Waals surface area contributed by atoms with Gasteiger partial charge in [0, 0.05) is 239 Å². The lowest BCUT2D eigenvalue weighted by Gasteiger charge is -2.40. The maximum atomic E-state index is 10.8. The summed E-state index contributed by atoms with van der Waals surface area (Å²) in [7, 11) is -1.77. The number of aliphatic hydroxyl groups is 1. The minimum Gasteiger partial charge on any atom is -0.481 e. The molecular weight excluding hydrogens is 1200 g/mol.